The molecule has 2 atom stereocenters. The lowest BCUT2D eigenvalue weighted by atomic mass is 9.80. The predicted molar refractivity (Wildman–Crippen MR) is 116 cm³/mol. The van der Waals surface area contributed by atoms with Crippen LogP contribution in [-0.4, -0.2) is 22.5 Å². The Morgan fingerprint density at radius 3 is 2.00 bits per heavy atom. The van der Waals surface area contributed by atoms with Gasteiger partial charge < -0.3 is 9.84 Å². The van der Waals surface area contributed by atoms with Crippen LogP contribution in [0.25, 0.3) is 0 Å². The van der Waals surface area contributed by atoms with Crippen LogP contribution in [0.2, 0.25) is 0 Å². The second-order valence-corrected chi connectivity index (χ2v) is 8.44. The lowest BCUT2D eigenvalue weighted by Crippen LogP contribution is -2.38. The first-order valence-corrected chi connectivity index (χ1v) is 10.1. The summed E-state index contributed by atoms with van der Waals surface area (Å²) in [4.78, 5) is 24.5. The van der Waals surface area contributed by atoms with Crippen LogP contribution in [-0.2, 0) is 4.79 Å². The van der Waals surface area contributed by atoms with Crippen molar-refractivity contribution in [2.45, 2.75) is 66.4 Å². The van der Waals surface area contributed by atoms with E-state index in [1.165, 1.54) is 13.8 Å². The van der Waals surface area contributed by atoms with E-state index in [0.29, 0.717) is 5.75 Å². The van der Waals surface area contributed by atoms with Crippen molar-refractivity contribution in [1.29, 1.82) is 0 Å². The predicted octanol–water partition coefficient (Wildman–Crippen LogP) is 5.87. The minimum atomic E-state index is -1.31. The van der Waals surface area contributed by atoms with Gasteiger partial charge in [-0.15, -0.1) is 0 Å². The topological polar surface area (TPSA) is 63.6 Å². The zero-order chi connectivity index (χ0) is 21.9. The van der Waals surface area contributed by atoms with Gasteiger partial charge in [0.25, 0.3) is 0 Å². The summed E-state index contributed by atoms with van der Waals surface area (Å²) in [6.07, 6.45) is 0.746. The quantitative estimate of drug-likeness (QED) is 0.567. The summed E-state index contributed by atoms with van der Waals surface area (Å²) in [6, 6.07) is 11.7. The average molecular weight is 397 g/mol. The number of carboxylic acid groups (broad SMARTS) is 1. The Morgan fingerprint density at radius 1 is 1.03 bits per heavy atom. The molecule has 0 radical (unpaired) electrons. The Bertz CT molecular complexity index is 871. The molecule has 0 aliphatic rings. The summed E-state index contributed by atoms with van der Waals surface area (Å²) in [5.74, 6) is -0.358. The molecule has 0 aromatic heterocycles. The minimum Gasteiger partial charge on any atom is -0.478 e. The van der Waals surface area contributed by atoms with Crippen LogP contribution in [0.5, 0.6) is 5.75 Å². The van der Waals surface area contributed by atoms with Gasteiger partial charge in [-0.05, 0) is 63.6 Å². The summed E-state index contributed by atoms with van der Waals surface area (Å²) in [5.41, 5.74) is 3.38. The Balaban J connectivity index is 2.34. The number of hydrogen-bond donors (Lipinski definition) is 1. The van der Waals surface area contributed by atoms with Gasteiger partial charge in [-0.1, -0.05) is 55.8 Å². The smallest absolute Gasteiger partial charge is 0.347 e. The first-order chi connectivity index (χ1) is 13.5. The molecule has 2 aromatic carbocycles. The minimum absolute atomic E-state index is 0.0349. The molecule has 0 amide bonds. The van der Waals surface area contributed by atoms with E-state index in [1.54, 1.807) is 0 Å². The van der Waals surface area contributed by atoms with Crippen LogP contribution in [0.15, 0.2) is 36.4 Å². The second-order valence-electron chi connectivity index (χ2n) is 8.44. The monoisotopic (exact) mass is 396 g/mol. The molecule has 156 valence electrons. The number of ether oxygens (including phenoxy) is 1. The van der Waals surface area contributed by atoms with Crippen LogP contribution in [0.3, 0.4) is 0 Å². The molecule has 0 saturated carbocycles. The van der Waals surface area contributed by atoms with Crippen LogP contribution in [0.1, 0.15) is 72.6 Å². The highest BCUT2D eigenvalue weighted by Crippen LogP contribution is 2.35. The standard InChI is InChI=1S/C25H32O4/c1-8-21(22(26)19-11-9-15(2)10-12-19)18(5)20-13-16(3)23(17(4)14-20)29-25(6,7)24(27)28/h9-14,18,21H,8H2,1-7H3,(H,27,28). The molecule has 1 N–H and O–H groups in total. The fourth-order valence-corrected chi connectivity index (χ4v) is 3.64. The molecular weight excluding hydrogens is 364 g/mol. The van der Waals surface area contributed by atoms with Crippen LogP contribution in [0.4, 0.5) is 0 Å². The number of carbonyl (C=O) groups excluding carboxylic acids is 1. The Labute approximate surface area is 173 Å². The fourth-order valence-electron chi connectivity index (χ4n) is 3.64. The number of carboxylic acids is 1. The van der Waals surface area contributed by atoms with Gasteiger partial charge in [0, 0.05) is 11.5 Å². The molecule has 0 saturated heterocycles. The van der Waals surface area contributed by atoms with Gasteiger partial charge >= 0.3 is 5.97 Å². The molecule has 0 heterocycles. The lowest BCUT2D eigenvalue weighted by Gasteiger charge is -2.27. The maximum Gasteiger partial charge on any atom is 0.347 e. The highest BCUT2D eigenvalue weighted by atomic mass is 16.5. The lowest BCUT2D eigenvalue weighted by molar-refractivity contribution is -0.152. The highest BCUT2D eigenvalue weighted by molar-refractivity contribution is 5.98. The number of Topliss-reactive ketones (excluding diaryl/α,β-unsaturated/α-hetero) is 1. The zero-order valence-electron chi connectivity index (χ0n) is 18.5. The number of aliphatic carboxylic acids is 1. The van der Waals surface area contributed by atoms with Gasteiger partial charge in [0.15, 0.2) is 11.4 Å². The van der Waals surface area contributed by atoms with E-state index in [4.69, 9.17) is 4.74 Å². The average Bonchev–Trinajstić information content (AvgIpc) is 2.65. The van der Waals surface area contributed by atoms with Crippen LogP contribution < -0.4 is 4.74 Å². The van der Waals surface area contributed by atoms with E-state index in [9.17, 15) is 14.7 Å². The van der Waals surface area contributed by atoms with E-state index in [1.807, 2.05) is 64.1 Å². The summed E-state index contributed by atoms with van der Waals surface area (Å²) in [6.45, 7) is 13.0. The van der Waals surface area contributed by atoms with Crippen molar-refractivity contribution in [3.63, 3.8) is 0 Å². The summed E-state index contributed by atoms with van der Waals surface area (Å²) < 4.78 is 5.81. The van der Waals surface area contributed by atoms with Gasteiger partial charge in [-0.3, -0.25) is 4.79 Å². The number of aryl methyl sites for hydroxylation is 3. The van der Waals surface area contributed by atoms with E-state index in [2.05, 4.69) is 6.92 Å². The van der Waals surface area contributed by atoms with E-state index in [-0.39, 0.29) is 17.6 Å². The molecule has 2 unspecified atom stereocenters. The molecule has 4 heteroatoms. The van der Waals surface area contributed by atoms with Crippen molar-refractivity contribution >= 4 is 11.8 Å². The molecular formula is C25H32O4. The van der Waals surface area contributed by atoms with E-state index in [0.717, 1.165) is 34.2 Å². The summed E-state index contributed by atoms with van der Waals surface area (Å²) in [5, 5.41) is 9.36. The Hall–Kier alpha value is -2.62. The molecule has 0 aliphatic carbocycles. The zero-order valence-corrected chi connectivity index (χ0v) is 18.5. The molecule has 29 heavy (non-hydrogen) atoms. The van der Waals surface area contributed by atoms with E-state index >= 15 is 0 Å². The first kappa shape index (κ1) is 22.7. The van der Waals surface area contributed by atoms with Crippen molar-refractivity contribution in [3.05, 3.63) is 64.2 Å². The van der Waals surface area contributed by atoms with E-state index < -0.39 is 11.6 Å². The third-order valence-corrected chi connectivity index (χ3v) is 5.60. The number of ketones is 1. The summed E-state index contributed by atoms with van der Waals surface area (Å²) >= 11 is 0. The largest absolute Gasteiger partial charge is 0.478 e. The first-order valence-electron chi connectivity index (χ1n) is 10.1. The third kappa shape index (κ3) is 5.06. The maximum atomic E-state index is 13.1. The van der Waals surface area contributed by atoms with Crippen molar-refractivity contribution in [1.82, 2.24) is 0 Å². The van der Waals surface area contributed by atoms with Gasteiger partial charge in [0.1, 0.15) is 5.75 Å². The van der Waals surface area contributed by atoms with Gasteiger partial charge in [-0.2, -0.15) is 0 Å². The molecule has 0 fully saturated rings. The molecule has 0 spiro atoms. The van der Waals surface area contributed by atoms with Crippen molar-refractivity contribution in [2.75, 3.05) is 0 Å². The second kappa shape index (κ2) is 8.81. The molecule has 4 nitrogen and oxygen atoms in total. The fraction of sp³-hybridized carbons (Fsp3) is 0.440. The van der Waals surface area contributed by atoms with Gasteiger partial charge in [0.2, 0.25) is 0 Å². The van der Waals surface area contributed by atoms with Crippen LogP contribution >= 0.6 is 0 Å². The Morgan fingerprint density at radius 2 is 1.55 bits per heavy atom. The normalized spacial score (nSPS) is 13.6. The maximum absolute atomic E-state index is 13.1. The Kier molecular flexibility index (Phi) is 6.89. The summed E-state index contributed by atoms with van der Waals surface area (Å²) in [7, 11) is 0. The number of hydrogen-bond acceptors (Lipinski definition) is 3. The molecule has 0 aliphatic heterocycles. The number of rotatable bonds is 8. The van der Waals surface area contributed by atoms with Crippen molar-refractivity contribution in [3.8, 4) is 5.75 Å². The number of benzene rings is 2. The van der Waals surface area contributed by atoms with Gasteiger partial charge in [0.05, 0.1) is 0 Å². The molecule has 2 aromatic rings. The van der Waals surface area contributed by atoms with Crippen molar-refractivity contribution in [2.24, 2.45) is 5.92 Å². The number of carbonyl (C=O) groups is 2. The van der Waals surface area contributed by atoms with Crippen molar-refractivity contribution < 1.29 is 19.4 Å². The third-order valence-electron chi connectivity index (χ3n) is 5.60. The SMILES string of the molecule is CCC(C(=O)c1ccc(C)cc1)C(C)c1cc(C)c(OC(C)(C)C(=O)O)c(C)c1. The molecule has 0 bridgehead atoms. The molecule has 2 rings (SSSR count). The highest BCUT2D eigenvalue weighted by Gasteiger charge is 2.31. The van der Waals surface area contributed by atoms with Gasteiger partial charge in [-0.25, -0.2) is 4.79 Å². The van der Waals surface area contributed by atoms with Crippen LogP contribution in [0, 0.1) is 26.7 Å².